The smallest absolute Gasteiger partial charge is 0.318 e. The summed E-state index contributed by atoms with van der Waals surface area (Å²) in [5.74, 6) is 2.76. The number of amides is 1. The maximum atomic E-state index is 12.4. The van der Waals surface area contributed by atoms with E-state index in [1.165, 1.54) is 29.7 Å². The first-order valence-corrected chi connectivity index (χ1v) is 15.0. The van der Waals surface area contributed by atoms with Crippen LogP contribution in [0.1, 0.15) is 48.9 Å². The monoisotopic (exact) mass is 553 g/mol. The summed E-state index contributed by atoms with van der Waals surface area (Å²) in [6.45, 7) is 4.30. The molecule has 2 unspecified atom stereocenters. The minimum Gasteiger partial charge on any atom is -0.462 e. The molecule has 1 amide bonds. The third-order valence-electron chi connectivity index (χ3n) is 9.36. The molecule has 2 saturated heterocycles. The van der Waals surface area contributed by atoms with E-state index >= 15 is 0 Å². The number of para-hydroxylation sites is 1. The van der Waals surface area contributed by atoms with Gasteiger partial charge in [0.15, 0.2) is 0 Å². The zero-order chi connectivity index (χ0) is 28.3. The zero-order valence-electron chi connectivity index (χ0n) is 24.0. The lowest BCUT2D eigenvalue weighted by Crippen LogP contribution is -2.55. The predicted molar refractivity (Wildman–Crippen MR) is 158 cm³/mol. The van der Waals surface area contributed by atoms with Gasteiger partial charge >= 0.3 is 6.01 Å². The van der Waals surface area contributed by atoms with Gasteiger partial charge in [-0.1, -0.05) is 18.2 Å². The molecule has 41 heavy (non-hydrogen) atoms. The Hall–Kier alpha value is -3.82. The van der Waals surface area contributed by atoms with Crippen molar-refractivity contribution in [2.45, 2.75) is 69.5 Å². The Balaban J connectivity index is 1.30. The third kappa shape index (κ3) is 5.56. The molecule has 4 heterocycles. The molecule has 1 aromatic carbocycles. The fourth-order valence-electron chi connectivity index (χ4n) is 7.13. The summed E-state index contributed by atoms with van der Waals surface area (Å²) < 4.78 is 6.30. The molecule has 1 aromatic heterocycles. The molecule has 3 atom stereocenters. The topological polar surface area (TPSA) is 88.8 Å². The van der Waals surface area contributed by atoms with Gasteiger partial charge in [0.05, 0.1) is 24.2 Å². The Morgan fingerprint density at radius 1 is 1.10 bits per heavy atom. The van der Waals surface area contributed by atoms with E-state index in [9.17, 15) is 10.1 Å². The standard InChI is InChI=1S/C32H39N7O2/c1-3-30(40)39-19-18-37(21-25(39)14-15-33)31-27-13-12-24(38-17-6-9-23-8-4-5-11-29(23)38)20-28(27)34-32(35-31)41-22-26-10-7-16-36(26)2/h1,4-5,8,11,24-26H,6-7,9-10,12-14,16-22H2,2H3/t24?,25-,26?/m0/s1. The van der Waals surface area contributed by atoms with Gasteiger partial charge in [0, 0.05) is 55.9 Å². The number of anilines is 2. The average molecular weight is 554 g/mol. The van der Waals surface area contributed by atoms with E-state index in [1.54, 1.807) is 4.90 Å². The molecule has 4 aliphatic rings. The van der Waals surface area contributed by atoms with Gasteiger partial charge in [0.2, 0.25) is 0 Å². The highest BCUT2D eigenvalue weighted by Gasteiger charge is 2.35. The van der Waals surface area contributed by atoms with E-state index in [1.807, 2.05) is 0 Å². The van der Waals surface area contributed by atoms with Crippen molar-refractivity contribution in [3.8, 4) is 24.4 Å². The van der Waals surface area contributed by atoms with Gasteiger partial charge in [0.25, 0.3) is 5.91 Å². The van der Waals surface area contributed by atoms with Crippen LogP contribution in [-0.4, -0.2) is 90.2 Å². The second-order valence-electron chi connectivity index (χ2n) is 11.8. The van der Waals surface area contributed by atoms with Crippen LogP contribution in [0.2, 0.25) is 0 Å². The van der Waals surface area contributed by atoms with Gasteiger partial charge in [-0.05, 0) is 69.7 Å². The van der Waals surface area contributed by atoms with E-state index in [0.717, 1.165) is 56.7 Å². The fourth-order valence-corrected chi connectivity index (χ4v) is 7.13. The number of aromatic nitrogens is 2. The van der Waals surface area contributed by atoms with E-state index in [2.05, 4.69) is 58.0 Å². The number of carbonyl (C=O) groups is 1. The van der Waals surface area contributed by atoms with Crippen molar-refractivity contribution >= 4 is 17.4 Å². The van der Waals surface area contributed by atoms with Crippen LogP contribution in [0.5, 0.6) is 6.01 Å². The van der Waals surface area contributed by atoms with Gasteiger partial charge in [0.1, 0.15) is 12.4 Å². The molecule has 1 aliphatic carbocycles. The molecule has 0 saturated carbocycles. The molecular formula is C32H39N7O2. The molecule has 214 valence electrons. The third-order valence-corrected chi connectivity index (χ3v) is 9.36. The van der Waals surface area contributed by atoms with Gasteiger partial charge < -0.3 is 24.3 Å². The lowest BCUT2D eigenvalue weighted by atomic mass is 9.88. The number of rotatable bonds is 6. The number of hydrogen-bond acceptors (Lipinski definition) is 8. The van der Waals surface area contributed by atoms with Gasteiger partial charge in [-0.3, -0.25) is 4.79 Å². The van der Waals surface area contributed by atoms with Crippen molar-refractivity contribution in [1.82, 2.24) is 19.8 Å². The SMILES string of the molecule is C#CC(=O)N1CCN(c2nc(OCC3CCCN3C)nc3c2CCC(N2CCCc4ccccc42)C3)C[C@@H]1CC#N. The summed E-state index contributed by atoms with van der Waals surface area (Å²) >= 11 is 0. The molecule has 0 N–H and O–H groups in total. The number of likely N-dealkylation sites (N-methyl/N-ethyl adjacent to an activating group) is 1. The Labute approximate surface area is 243 Å². The van der Waals surface area contributed by atoms with Crippen LogP contribution in [0.4, 0.5) is 11.5 Å². The maximum absolute atomic E-state index is 12.4. The second-order valence-corrected chi connectivity index (χ2v) is 11.8. The average Bonchev–Trinajstić information content (AvgIpc) is 3.43. The van der Waals surface area contributed by atoms with E-state index in [4.69, 9.17) is 21.1 Å². The first kappa shape index (κ1) is 27.4. The quantitative estimate of drug-likeness (QED) is 0.505. The first-order chi connectivity index (χ1) is 20.1. The number of nitrogens with zero attached hydrogens (tertiary/aromatic N) is 7. The maximum Gasteiger partial charge on any atom is 0.318 e. The highest BCUT2D eigenvalue weighted by Crippen LogP contribution is 2.36. The number of hydrogen-bond donors (Lipinski definition) is 0. The lowest BCUT2D eigenvalue weighted by molar-refractivity contribution is -0.127. The molecule has 0 bridgehead atoms. The number of nitriles is 1. The fraction of sp³-hybridized carbons (Fsp3) is 0.562. The van der Waals surface area contributed by atoms with Gasteiger partial charge in [-0.2, -0.15) is 15.2 Å². The van der Waals surface area contributed by atoms with E-state index in [0.29, 0.717) is 44.3 Å². The molecule has 0 spiro atoms. The molecule has 2 aromatic rings. The van der Waals surface area contributed by atoms with Crippen LogP contribution in [0.3, 0.4) is 0 Å². The van der Waals surface area contributed by atoms with Crippen LogP contribution in [0, 0.1) is 23.7 Å². The van der Waals surface area contributed by atoms with Crippen LogP contribution < -0.4 is 14.5 Å². The number of likely N-dealkylation sites (tertiary alicyclic amines) is 1. The number of carbonyl (C=O) groups excluding carboxylic acids is 1. The summed E-state index contributed by atoms with van der Waals surface area (Å²) in [6, 6.07) is 11.9. The predicted octanol–water partition coefficient (Wildman–Crippen LogP) is 2.82. The first-order valence-electron chi connectivity index (χ1n) is 15.0. The van der Waals surface area contributed by atoms with Crippen molar-refractivity contribution in [1.29, 1.82) is 5.26 Å². The largest absolute Gasteiger partial charge is 0.462 e. The Morgan fingerprint density at radius 3 is 2.78 bits per heavy atom. The van der Waals surface area contributed by atoms with Gasteiger partial charge in [-0.25, -0.2) is 0 Å². The van der Waals surface area contributed by atoms with Crippen LogP contribution in [0.15, 0.2) is 24.3 Å². The number of terminal acetylenes is 1. The Kier molecular flexibility index (Phi) is 7.98. The molecule has 9 heteroatoms. The lowest BCUT2D eigenvalue weighted by Gasteiger charge is -2.43. The van der Waals surface area contributed by atoms with E-state index < -0.39 is 0 Å². The number of benzene rings is 1. The van der Waals surface area contributed by atoms with Gasteiger partial charge in [-0.15, -0.1) is 6.42 Å². The number of aryl methyl sites for hydroxylation is 1. The minimum atomic E-state index is -0.357. The van der Waals surface area contributed by atoms with Crippen molar-refractivity contribution in [2.24, 2.45) is 0 Å². The number of piperazine rings is 1. The van der Waals surface area contributed by atoms with E-state index in [-0.39, 0.29) is 18.4 Å². The van der Waals surface area contributed by atoms with Crippen molar-refractivity contribution in [3.63, 3.8) is 0 Å². The van der Waals surface area contributed by atoms with Crippen LogP contribution in [0.25, 0.3) is 0 Å². The number of ether oxygens (including phenoxy) is 1. The summed E-state index contributed by atoms with van der Waals surface area (Å²) in [4.78, 5) is 31.2. The van der Waals surface area contributed by atoms with Crippen molar-refractivity contribution in [3.05, 3.63) is 41.1 Å². The van der Waals surface area contributed by atoms with Crippen LogP contribution >= 0.6 is 0 Å². The summed E-state index contributed by atoms with van der Waals surface area (Å²) in [6.07, 6.45) is 13.0. The normalized spacial score (nSPS) is 24.3. The minimum absolute atomic E-state index is 0.227. The highest BCUT2D eigenvalue weighted by atomic mass is 16.5. The molecule has 3 aliphatic heterocycles. The Bertz CT molecular complexity index is 1360. The second kappa shape index (κ2) is 12.0. The molecule has 9 nitrogen and oxygen atoms in total. The van der Waals surface area contributed by atoms with Crippen molar-refractivity contribution in [2.75, 3.05) is 56.2 Å². The number of fused-ring (bicyclic) bond motifs is 2. The Morgan fingerprint density at radius 2 is 1.98 bits per heavy atom. The molecule has 0 radical (unpaired) electrons. The molecule has 6 rings (SSSR count). The zero-order valence-corrected chi connectivity index (χ0v) is 24.0. The summed E-state index contributed by atoms with van der Waals surface area (Å²) in [5, 5.41) is 9.49. The molecular weight excluding hydrogens is 514 g/mol. The highest BCUT2D eigenvalue weighted by molar-refractivity contribution is 5.93. The summed E-state index contributed by atoms with van der Waals surface area (Å²) in [5.41, 5.74) is 5.02. The summed E-state index contributed by atoms with van der Waals surface area (Å²) in [7, 11) is 2.15. The van der Waals surface area contributed by atoms with Crippen molar-refractivity contribution < 1.29 is 9.53 Å². The van der Waals surface area contributed by atoms with Crippen LogP contribution in [-0.2, 0) is 24.1 Å². The molecule has 2 fully saturated rings.